The average molecular weight is 379 g/mol. The molecule has 0 atom stereocenters. The fourth-order valence-corrected chi connectivity index (χ4v) is 3.68. The predicted octanol–water partition coefficient (Wildman–Crippen LogP) is 3.92. The zero-order valence-electron chi connectivity index (χ0n) is 15.1. The van der Waals surface area contributed by atoms with Crippen molar-refractivity contribution in [3.8, 4) is 22.7 Å². The first-order valence-electron chi connectivity index (χ1n) is 8.94. The first kappa shape index (κ1) is 17.7. The van der Waals surface area contributed by atoms with Crippen molar-refractivity contribution < 1.29 is 9.53 Å². The highest BCUT2D eigenvalue weighted by Gasteiger charge is 2.23. The normalized spacial score (nSPS) is 13.4. The smallest absolute Gasteiger partial charge is 0.230 e. The number of amides is 1. The molecule has 0 spiro atoms. The molecule has 1 N–H and O–H groups in total. The maximum Gasteiger partial charge on any atom is 0.230 e. The van der Waals surface area contributed by atoms with Gasteiger partial charge in [-0.2, -0.15) is 0 Å². The van der Waals surface area contributed by atoms with E-state index in [9.17, 15) is 4.79 Å². The molecule has 1 saturated carbocycles. The van der Waals surface area contributed by atoms with Crippen LogP contribution in [-0.4, -0.2) is 34.4 Å². The zero-order valence-corrected chi connectivity index (χ0v) is 15.9. The van der Waals surface area contributed by atoms with Crippen molar-refractivity contribution >= 4 is 17.7 Å². The van der Waals surface area contributed by atoms with Crippen LogP contribution in [0.1, 0.15) is 12.8 Å². The van der Waals surface area contributed by atoms with Gasteiger partial charge < -0.3 is 10.1 Å². The lowest BCUT2D eigenvalue weighted by Crippen LogP contribution is -2.27. The Labute approximate surface area is 162 Å². The summed E-state index contributed by atoms with van der Waals surface area (Å²) in [4.78, 5) is 16.7. The summed E-state index contributed by atoms with van der Waals surface area (Å²) in [7, 11) is 1.66. The summed E-state index contributed by atoms with van der Waals surface area (Å²) in [6, 6.07) is 18.4. The summed E-state index contributed by atoms with van der Waals surface area (Å²) in [5, 5.41) is 3.81. The summed E-state index contributed by atoms with van der Waals surface area (Å²) < 4.78 is 7.46. The van der Waals surface area contributed by atoms with E-state index < -0.39 is 0 Å². The van der Waals surface area contributed by atoms with Gasteiger partial charge in [0.2, 0.25) is 5.91 Å². The Morgan fingerprint density at radius 2 is 2.04 bits per heavy atom. The quantitative estimate of drug-likeness (QED) is 0.632. The van der Waals surface area contributed by atoms with Crippen molar-refractivity contribution in [1.82, 2.24) is 14.9 Å². The highest BCUT2D eigenvalue weighted by Crippen LogP contribution is 2.31. The van der Waals surface area contributed by atoms with Crippen LogP contribution in [0.15, 0.2) is 66.0 Å². The summed E-state index contributed by atoms with van der Waals surface area (Å²) in [5.41, 5.74) is 3.01. The minimum atomic E-state index is 0.0592. The van der Waals surface area contributed by atoms with Gasteiger partial charge in [0.25, 0.3) is 0 Å². The Morgan fingerprint density at radius 3 is 2.78 bits per heavy atom. The third kappa shape index (κ3) is 4.17. The number of carbonyl (C=O) groups excluding carboxylic acids is 1. The Morgan fingerprint density at radius 1 is 1.22 bits per heavy atom. The van der Waals surface area contributed by atoms with Crippen LogP contribution in [0.25, 0.3) is 16.9 Å². The number of hydrogen-bond acceptors (Lipinski definition) is 4. The molecule has 0 radical (unpaired) electrons. The Bertz CT molecular complexity index is 936. The monoisotopic (exact) mass is 379 g/mol. The second-order valence-electron chi connectivity index (χ2n) is 6.46. The molecule has 5 nitrogen and oxygen atoms in total. The molecule has 1 heterocycles. The molecular formula is C21H21N3O2S. The molecule has 1 aliphatic carbocycles. The van der Waals surface area contributed by atoms with Gasteiger partial charge in [0.15, 0.2) is 5.16 Å². The molecule has 1 aliphatic rings. The molecule has 0 saturated heterocycles. The van der Waals surface area contributed by atoms with Gasteiger partial charge in [0.05, 0.1) is 30.4 Å². The van der Waals surface area contributed by atoms with E-state index in [2.05, 4.69) is 27.0 Å². The third-order valence-electron chi connectivity index (χ3n) is 4.39. The van der Waals surface area contributed by atoms with Gasteiger partial charge in [0.1, 0.15) is 5.75 Å². The van der Waals surface area contributed by atoms with Gasteiger partial charge in [-0.1, -0.05) is 48.2 Å². The highest BCUT2D eigenvalue weighted by molar-refractivity contribution is 7.99. The minimum absolute atomic E-state index is 0.0592. The number of nitrogens with zero attached hydrogens (tertiary/aromatic N) is 2. The van der Waals surface area contributed by atoms with E-state index >= 15 is 0 Å². The molecule has 0 bridgehead atoms. The van der Waals surface area contributed by atoms with Crippen molar-refractivity contribution in [2.45, 2.75) is 24.0 Å². The number of imidazole rings is 1. The van der Waals surface area contributed by atoms with Crippen LogP contribution in [0, 0.1) is 0 Å². The molecule has 6 heteroatoms. The van der Waals surface area contributed by atoms with Crippen LogP contribution in [-0.2, 0) is 4.79 Å². The number of rotatable bonds is 7. The molecule has 1 amide bonds. The standard InChI is InChI=1S/C21H21N3O2S/c1-26-18-9-5-8-17(12-18)24-19(15-6-3-2-4-7-15)13-22-21(24)27-14-20(25)23-16-10-11-16/h2-9,12-13,16H,10-11,14H2,1H3,(H,23,25). The number of benzene rings is 2. The second kappa shape index (κ2) is 7.88. The van der Waals surface area contributed by atoms with E-state index in [0.29, 0.717) is 11.8 Å². The number of hydrogen-bond donors (Lipinski definition) is 1. The largest absolute Gasteiger partial charge is 0.497 e. The second-order valence-corrected chi connectivity index (χ2v) is 7.40. The fourth-order valence-electron chi connectivity index (χ4n) is 2.88. The lowest BCUT2D eigenvalue weighted by Gasteiger charge is -2.13. The van der Waals surface area contributed by atoms with Gasteiger partial charge in [-0.25, -0.2) is 4.98 Å². The van der Waals surface area contributed by atoms with E-state index in [-0.39, 0.29) is 5.91 Å². The SMILES string of the molecule is COc1cccc(-n2c(-c3ccccc3)cnc2SCC(=O)NC2CC2)c1. The van der Waals surface area contributed by atoms with E-state index in [0.717, 1.165) is 40.7 Å². The number of aromatic nitrogens is 2. The molecule has 27 heavy (non-hydrogen) atoms. The number of thioether (sulfide) groups is 1. The molecule has 3 aromatic rings. The van der Waals surface area contributed by atoms with Gasteiger partial charge in [-0.3, -0.25) is 9.36 Å². The van der Waals surface area contributed by atoms with Crippen LogP contribution < -0.4 is 10.1 Å². The van der Waals surface area contributed by atoms with E-state index in [1.807, 2.05) is 48.7 Å². The summed E-state index contributed by atoms with van der Waals surface area (Å²) in [6.45, 7) is 0. The van der Waals surface area contributed by atoms with Crippen molar-refractivity contribution in [3.05, 3.63) is 60.8 Å². The number of carbonyl (C=O) groups is 1. The number of ether oxygens (including phenoxy) is 1. The fraction of sp³-hybridized carbons (Fsp3) is 0.238. The minimum Gasteiger partial charge on any atom is -0.497 e. The molecule has 0 aliphatic heterocycles. The Kier molecular flexibility index (Phi) is 5.16. The van der Waals surface area contributed by atoms with Gasteiger partial charge in [-0.05, 0) is 25.0 Å². The van der Waals surface area contributed by atoms with Crippen LogP contribution >= 0.6 is 11.8 Å². The van der Waals surface area contributed by atoms with Crippen LogP contribution in [0.4, 0.5) is 0 Å². The van der Waals surface area contributed by atoms with Gasteiger partial charge in [-0.15, -0.1) is 0 Å². The Balaban J connectivity index is 1.67. The molecular weight excluding hydrogens is 358 g/mol. The average Bonchev–Trinajstić information content (AvgIpc) is 3.42. The van der Waals surface area contributed by atoms with E-state index in [1.165, 1.54) is 11.8 Å². The summed E-state index contributed by atoms with van der Waals surface area (Å²) in [5.74, 6) is 1.19. The number of nitrogens with one attached hydrogen (secondary N) is 1. The topological polar surface area (TPSA) is 56.2 Å². The first-order valence-corrected chi connectivity index (χ1v) is 9.93. The van der Waals surface area contributed by atoms with E-state index in [1.54, 1.807) is 7.11 Å². The van der Waals surface area contributed by atoms with Crippen molar-refractivity contribution in [2.75, 3.05) is 12.9 Å². The van der Waals surface area contributed by atoms with E-state index in [4.69, 9.17) is 4.74 Å². The lowest BCUT2D eigenvalue weighted by atomic mass is 10.1. The molecule has 4 rings (SSSR count). The van der Waals surface area contributed by atoms with Crippen LogP contribution in [0.3, 0.4) is 0 Å². The Hall–Kier alpha value is -2.73. The summed E-state index contributed by atoms with van der Waals surface area (Å²) >= 11 is 1.45. The lowest BCUT2D eigenvalue weighted by molar-refractivity contribution is -0.118. The molecule has 1 fully saturated rings. The molecule has 0 unspecified atom stereocenters. The number of methoxy groups -OCH3 is 1. The zero-order chi connectivity index (χ0) is 18.6. The van der Waals surface area contributed by atoms with Gasteiger partial charge in [0, 0.05) is 17.7 Å². The maximum absolute atomic E-state index is 12.1. The third-order valence-corrected chi connectivity index (χ3v) is 5.34. The molecule has 138 valence electrons. The van der Waals surface area contributed by atoms with Crippen molar-refractivity contribution in [2.24, 2.45) is 0 Å². The summed E-state index contributed by atoms with van der Waals surface area (Å²) in [6.07, 6.45) is 4.04. The molecule has 1 aromatic heterocycles. The van der Waals surface area contributed by atoms with Crippen molar-refractivity contribution in [1.29, 1.82) is 0 Å². The predicted molar refractivity (Wildman–Crippen MR) is 107 cm³/mol. The highest BCUT2D eigenvalue weighted by atomic mass is 32.2. The van der Waals surface area contributed by atoms with Crippen LogP contribution in [0.2, 0.25) is 0 Å². The first-order chi connectivity index (χ1) is 13.2. The maximum atomic E-state index is 12.1. The molecule has 2 aromatic carbocycles. The van der Waals surface area contributed by atoms with Crippen LogP contribution in [0.5, 0.6) is 5.75 Å². The van der Waals surface area contributed by atoms with Crippen molar-refractivity contribution in [3.63, 3.8) is 0 Å². The van der Waals surface area contributed by atoms with Gasteiger partial charge >= 0.3 is 0 Å².